The standard InChI is InChI=1S/C25H22N2O3S/c1-16-9-14-21(17(2)15-16)27-24(28)22(26-18-10-12-19(30-3)13-11-18)23(25(27)29)31-20-7-5-4-6-8-20/h4-15,26H,1-3H3. The maximum atomic E-state index is 13.4. The number of benzene rings is 3. The number of methoxy groups -OCH3 is 1. The van der Waals surface area contributed by atoms with Gasteiger partial charge in [0.1, 0.15) is 16.4 Å². The summed E-state index contributed by atoms with van der Waals surface area (Å²) in [5.41, 5.74) is 3.51. The highest BCUT2D eigenvalue weighted by molar-refractivity contribution is 8.04. The molecular formula is C25H22N2O3S. The fourth-order valence-electron chi connectivity index (χ4n) is 3.41. The number of hydrogen-bond donors (Lipinski definition) is 1. The number of ether oxygens (including phenoxy) is 1. The molecule has 0 aromatic heterocycles. The van der Waals surface area contributed by atoms with E-state index in [0.29, 0.717) is 22.0 Å². The Kier molecular flexibility index (Phi) is 5.82. The first-order valence-corrected chi connectivity index (χ1v) is 10.6. The lowest BCUT2D eigenvalue weighted by Gasteiger charge is -2.18. The minimum atomic E-state index is -0.369. The van der Waals surface area contributed by atoms with Crippen molar-refractivity contribution in [1.82, 2.24) is 0 Å². The Morgan fingerprint density at radius 2 is 1.58 bits per heavy atom. The predicted molar refractivity (Wildman–Crippen MR) is 124 cm³/mol. The van der Waals surface area contributed by atoms with Gasteiger partial charge in [0.2, 0.25) is 0 Å². The van der Waals surface area contributed by atoms with Crippen molar-refractivity contribution in [2.75, 3.05) is 17.3 Å². The summed E-state index contributed by atoms with van der Waals surface area (Å²) in [5, 5.41) is 3.16. The number of aryl methyl sites for hydroxylation is 2. The van der Waals surface area contributed by atoms with E-state index in [9.17, 15) is 9.59 Å². The summed E-state index contributed by atoms with van der Waals surface area (Å²) in [4.78, 5) is 29.4. The zero-order chi connectivity index (χ0) is 22.0. The van der Waals surface area contributed by atoms with Crippen molar-refractivity contribution in [2.45, 2.75) is 18.7 Å². The largest absolute Gasteiger partial charge is 0.497 e. The van der Waals surface area contributed by atoms with Gasteiger partial charge in [-0.25, -0.2) is 4.90 Å². The summed E-state index contributed by atoms with van der Waals surface area (Å²) in [6.07, 6.45) is 0. The first-order chi connectivity index (χ1) is 15.0. The summed E-state index contributed by atoms with van der Waals surface area (Å²) < 4.78 is 5.20. The van der Waals surface area contributed by atoms with Crippen molar-refractivity contribution in [2.24, 2.45) is 0 Å². The van der Waals surface area contributed by atoms with E-state index in [-0.39, 0.29) is 17.5 Å². The van der Waals surface area contributed by atoms with Crippen molar-refractivity contribution in [3.8, 4) is 5.75 Å². The fraction of sp³-hybridized carbons (Fsp3) is 0.120. The van der Waals surface area contributed by atoms with Gasteiger partial charge in [0.15, 0.2) is 0 Å². The van der Waals surface area contributed by atoms with Crippen molar-refractivity contribution in [1.29, 1.82) is 0 Å². The molecule has 0 bridgehead atoms. The quantitative estimate of drug-likeness (QED) is 0.538. The maximum absolute atomic E-state index is 13.4. The zero-order valence-corrected chi connectivity index (χ0v) is 18.3. The topological polar surface area (TPSA) is 58.6 Å². The molecule has 1 aliphatic rings. The van der Waals surface area contributed by atoms with Crippen LogP contribution in [0.15, 0.2) is 88.3 Å². The third-order valence-electron chi connectivity index (χ3n) is 4.96. The summed E-state index contributed by atoms with van der Waals surface area (Å²) in [7, 11) is 1.60. The van der Waals surface area contributed by atoms with Gasteiger partial charge in [0, 0.05) is 10.6 Å². The Balaban J connectivity index is 1.74. The number of imide groups is 1. The molecule has 3 aromatic carbocycles. The Hall–Kier alpha value is -3.51. The second-order valence-electron chi connectivity index (χ2n) is 7.21. The van der Waals surface area contributed by atoms with Crippen molar-refractivity contribution < 1.29 is 14.3 Å². The molecule has 0 fully saturated rings. The molecule has 1 aliphatic heterocycles. The first-order valence-electron chi connectivity index (χ1n) is 9.82. The van der Waals surface area contributed by atoms with Crippen LogP contribution in [-0.4, -0.2) is 18.9 Å². The van der Waals surface area contributed by atoms with Gasteiger partial charge in [0.25, 0.3) is 11.8 Å². The molecule has 0 unspecified atom stereocenters. The monoisotopic (exact) mass is 430 g/mol. The van der Waals surface area contributed by atoms with Crippen LogP contribution in [0.25, 0.3) is 0 Å². The minimum Gasteiger partial charge on any atom is -0.497 e. The van der Waals surface area contributed by atoms with Crippen LogP contribution in [0.3, 0.4) is 0 Å². The molecule has 6 heteroatoms. The SMILES string of the molecule is COc1ccc(NC2=C(Sc3ccccc3)C(=O)N(c3ccc(C)cc3C)C2=O)cc1. The second-order valence-corrected chi connectivity index (χ2v) is 8.29. The molecule has 2 amide bonds. The Bertz CT molecular complexity index is 1170. The first kappa shape index (κ1) is 20.8. The number of carbonyl (C=O) groups excluding carboxylic acids is 2. The van der Waals surface area contributed by atoms with Crippen LogP contribution in [0.5, 0.6) is 5.75 Å². The van der Waals surface area contributed by atoms with E-state index in [1.807, 2.05) is 74.5 Å². The normalized spacial score (nSPS) is 13.7. The Morgan fingerprint density at radius 1 is 0.871 bits per heavy atom. The molecule has 1 N–H and O–H groups in total. The average molecular weight is 431 g/mol. The number of carbonyl (C=O) groups is 2. The molecule has 0 radical (unpaired) electrons. The van der Waals surface area contributed by atoms with Crippen LogP contribution in [0.4, 0.5) is 11.4 Å². The third kappa shape index (κ3) is 4.20. The lowest BCUT2D eigenvalue weighted by molar-refractivity contribution is -0.120. The van der Waals surface area contributed by atoms with Gasteiger partial charge in [-0.3, -0.25) is 9.59 Å². The highest BCUT2D eigenvalue weighted by Gasteiger charge is 2.40. The lowest BCUT2D eigenvalue weighted by Crippen LogP contribution is -2.33. The molecule has 0 spiro atoms. The second kappa shape index (κ2) is 8.70. The molecule has 1 heterocycles. The van der Waals surface area contributed by atoms with Crippen LogP contribution in [0.2, 0.25) is 0 Å². The number of rotatable bonds is 6. The highest BCUT2D eigenvalue weighted by atomic mass is 32.2. The van der Waals surface area contributed by atoms with Gasteiger partial charge >= 0.3 is 0 Å². The van der Waals surface area contributed by atoms with Crippen molar-refractivity contribution in [3.05, 3.63) is 94.5 Å². The molecular weight excluding hydrogens is 408 g/mol. The lowest BCUT2D eigenvalue weighted by atomic mass is 10.1. The minimum absolute atomic E-state index is 0.268. The third-order valence-corrected chi connectivity index (χ3v) is 6.05. The van der Waals surface area contributed by atoms with Crippen LogP contribution < -0.4 is 15.0 Å². The van der Waals surface area contributed by atoms with Crippen LogP contribution in [0, 0.1) is 13.8 Å². The van der Waals surface area contributed by atoms with E-state index in [1.165, 1.54) is 16.7 Å². The summed E-state index contributed by atoms with van der Waals surface area (Å²) in [6.45, 7) is 3.89. The van der Waals surface area contributed by atoms with E-state index in [0.717, 1.165) is 16.0 Å². The molecule has 0 aliphatic carbocycles. The average Bonchev–Trinajstić information content (AvgIpc) is 2.99. The van der Waals surface area contributed by atoms with Gasteiger partial charge in [-0.2, -0.15) is 0 Å². The molecule has 0 atom stereocenters. The number of hydrogen-bond acceptors (Lipinski definition) is 5. The molecule has 3 aromatic rings. The Labute approximate surface area is 185 Å². The maximum Gasteiger partial charge on any atom is 0.283 e. The van der Waals surface area contributed by atoms with Gasteiger partial charge < -0.3 is 10.1 Å². The molecule has 0 saturated carbocycles. The number of anilines is 2. The van der Waals surface area contributed by atoms with E-state index in [4.69, 9.17) is 4.74 Å². The van der Waals surface area contributed by atoms with E-state index in [1.54, 1.807) is 19.2 Å². The van der Waals surface area contributed by atoms with E-state index >= 15 is 0 Å². The molecule has 0 saturated heterocycles. The molecule has 31 heavy (non-hydrogen) atoms. The fourth-order valence-corrected chi connectivity index (χ4v) is 4.36. The van der Waals surface area contributed by atoms with Gasteiger partial charge in [-0.15, -0.1) is 0 Å². The molecule has 156 valence electrons. The van der Waals surface area contributed by atoms with Gasteiger partial charge in [-0.1, -0.05) is 47.7 Å². The highest BCUT2D eigenvalue weighted by Crippen LogP contribution is 2.38. The Morgan fingerprint density at radius 3 is 2.23 bits per heavy atom. The van der Waals surface area contributed by atoms with E-state index in [2.05, 4.69) is 5.32 Å². The van der Waals surface area contributed by atoms with Crippen LogP contribution >= 0.6 is 11.8 Å². The van der Waals surface area contributed by atoms with Crippen molar-refractivity contribution >= 4 is 35.0 Å². The number of nitrogens with one attached hydrogen (secondary N) is 1. The summed E-state index contributed by atoms with van der Waals surface area (Å²) in [5.74, 6) is 0.0113. The molecule has 4 rings (SSSR count). The molecule has 5 nitrogen and oxygen atoms in total. The van der Waals surface area contributed by atoms with Gasteiger partial charge in [0.05, 0.1) is 12.8 Å². The van der Waals surface area contributed by atoms with Crippen molar-refractivity contribution in [3.63, 3.8) is 0 Å². The van der Waals surface area contributed by atoms with Crippen LogP contribution in [-0.2, 0) is 9.59 Å². The smallest absolute Gasteiger partial charge is 0.283 e. The summed E-state index contributed by atoms with van der Waals surface area (Å²) in [6, 6.07) is 22.5. The van der Waals surface area contributed by atoms with E-state index < -0.39 is 0 Å². The van der Waals surface area contributed by atoms with Crippen LogP contribution in [0.1, 0.15) is 11.1 Å². The zero-order valence-electron chi connectivity index (χ0n) is 17.5. The number of amides is 2. The predicted octanol–water partition coefficient (Wildman–Crippen LogP) is 5.30. The summed E-state index contributed by atoms with van der Waals surface area (Å²) >= 11 is 1.29. The number of thioether (sulfide) groups is 1. The van der Waals surface area contributed by atoms with Gasteiger partial charge in [-0.05, 0) is 61.9 Å². The number of nitrogens with zero attached hydrogens (tertiary/aromatic N) is 1.